The minimum atomic E-state index is 0.413. The van der Waals surface area contributed by atoms with Gasteiger partial charge in [0.2, 0.25) is 5.88 Å². The quantitative estimate of drug-likeness (QED) is 0.500. The van der Waals surface area contributed by atoms with Gasteiger partial charge in [-0.15, -0.1) is 0 Å². The molecule has 1 aromatic heterocycles. The second-order valence-electron chi connectivity index (χ2n) is 4.22. The molecule has 0 bridgehead atoms. The van der Waals surface area contributed by atoms with E-state index in [4.69, 9.17) is 22.1 Å². The number of ether oxygens (including phenoxy) is 1. The Kier molecular flexibility index (Phi) is 4.25. The summed E-state index contributed by atoms with van der Waals surface area (Å²) in [6.45, 7) is 0.908. The molecular weight excluding hydrogens is 252 g/mol. The van der Waals surface area contributed by atoms with Crippen molar-refractivity contribution < 1.29 is 4.74 Å². The molecule has 18 heavy (non-hydrogen) atoms. The van der Waals surface area contributed by atoms with Crippen LogP contribution in [0.4, 0.5) is 0 Å². The van der Waals surface area contributed by atoms with E-state index in [1.165, 1.54) is 12.8 Å². The first-order valence-electron chi connectivity index (χ1n) is 5.94. The Morgan fingerprint density at radius 3 is 3.11 bits per heavy atom. The molecule has 0 unspecified atom stereocenters. The molecule has 0 atom stereocenters. The molecule has 0 aromatic carbocycles. The summed E-state index contributed by atoms with van der Waals surface area (Å²) in [5.74, 6) is 0.997. The third kappa shape index (κ3) is 3.50. The van der Waals surface area contributed by atoms with Crippen LogP contribution in [0.1, 0.15) is 12.8 Å². The number of hydrogen-bond acceptors (Lipinski definition) is 3. The Labute approximate surface area is 112 Å². The zero-order chi connectivity index (χ0) is 13.0. The van der Waals surface area contributed by atoms with Gasteiger partial charge in [0.25, 0.3) is 0 Å². The Bertz CT molecular complexity index is 434. The monoisotopic (exact) mass is 268 g/mol. The van der Waals surface area contributed by atoms with Crippen LogP contribution in [0.25, 0.3) is 0 Å². The smallest absolute Gasteiger partial charge is 0.232 e. The molecule has 0 saturated heterocycles. The van der Waals surface area contributed by atoms with Crippen molar-refractivity contribution in [2.24, 2.45) is 10.7 Å². The van der Waals surface area contributed by atoms with Gasteiger partial charge in [0.05, 0.1) is 6.54 Å². The van der Waals surface area contributed by atoms with Crippen LogP contribution in [0.3, 0.4) is 0 Å². The van der Waals surface area contributed by atoms with Gasteiger partial charge in [-0.1, -0.05) is 11.6 Å². The Morgan fingerprint density at radius 2 is 2.44 bits per heavy atom. The highest BCUT2D eigenvalue weighted by molar-refractivity contribution is 6.31. The molecule has 0 radical (unpaired) electrons. The van der Waals surface area contributed by atoms with Gasteiger partial charge in [-0.3, -0.25) is 0 Å². The van der Waals surface area contributed by atoms with Gasteiger partial charge in [0, 0.05) is 19.3 Å². The van der Waals surface area contributed by atoms with Crippen LogP contribution >= 0.6 is 11.6 Å². The number of halogens is 1. The fourth-order valence-corrected chi connectivity index (χ4v) is 1.72. The van der Waals surface area contributed by atoms with Crippen LogP contribution in [0.2, 0.25) is 5.02 Å². The summed E-state index contributed by atoms with van der Waals surface area (Å²) in [5, 5.41) is 0.504. The Morgan fingerprint density at radius 1 is 1.67 bits per heavy atom. The number of pyridine rings is 1. The molecule has 1 fully saturated rings. The van der Waals surface area contributed by atoms with E-state index in [-0.39, 0.29) is 0 Å². The van der Waals surface area contributed by atoms with Crippen molar-refractivity contribution >= 4 is 17.6 Å². The zero-order valence-electron chi connectivity index (χ0n) is 10.3. The average Bonchev–Trinajstić information content (AvgIpc) is 3.19. The third-order valence-electron chi connectivity index (χ3n) is 2.78. The first-order chi connectivity index (χ1) is 8.68. The number of rotatable bonds is 5. The maximum atomic E-state index is 5.91. The van der Waals surface area contributed by atoms with E-state index in [0.717, 1.165) is 0 Å². The fraction of sp³-hybridized carbons (Fsp3) is 0.500. The fourth-order valence-electron chi connectivity index (χ4n) is 1.54. The van der Waals surface area contributed by atoms with Gasteiger partial charge in [0.15, 0.2) is 5.96 Å². The second kappa shape index (κ2) is 5.91. The molecule has 1 heterocycles. The number of aliphatic imine (C=N–C) groups is 1. The third-order valence-corrected chi connectivity index (χ3v) is 3.07. The van der Waals surface area contributed by atoms with E-state index in [9.17, 15) is 0 Å². The van der Waals surface area contributed by atoms with Crippen molar-refractivity contribution in [3.8, 4) is 5.88 Å². The highest BCUT2D eigenvalue weighted by Crippen LogP contribution is 2.24. The summed E-state index contributed by atoms with van der Waals surface area (Å²) >= 11 is 5.91. The maximum Gasteiger partial charge on any atom is 0.232 e. The van der Waals surface area contributed by atoms with E-state index in [0.29, 0.717) is 36.1 Å². The summed E-state index contributed by atoms with van der Waals surface area (Å²) in [6.07, 6.45) is 4.04. The second-order valence-corrected chi connectivity index (χ2v) is 4.63. The first-order valence-corrected chi connectivity index (χ1v) is 6.32. The van der Waals surface area contributed by atoms with E-state index in [1.807, 2.05) is 11.9 Å². The summed E-state index contributed by atoms with van der Waals surface area (Å²) in [4.78, 5) is 10.3. The van der Waals surface area contributed by atoms with Gasteiger partial charge in [-0.2, -0.15) is 0 Å². The molecule has 1 aromatic rings. The number of hydrogen-bond donors (Lipinski definition) is 1. The van der Waals surface area contributed by atoms with Crippen LogP contribution in [0, 0.1) is 0 Å². The lowest BCUT2D eigenvalue weighted by Gasteiger charge is -2.16. The number of aromatic nitrogens is 1. The Hall–Kier alpha value is -1.49. The predicted octanol–water partition coefficient (Wildman–Crippen LogP) is 1.52. The van der Waals surface area contributed by atoms with Crippen molar-refractivity contribution in [3.05, 3.63) is 23.4 Å². The molecule has 6 heteroatoms. The van der Waals surface area contributed by atoms with Crippen molar-refractivity contribution in [2.45, 2.75) is 18.9 Å². The van der Waals surface area contributed by atoms with Gasteiger partial charge in [0.1, 0.15) is 11.6 Å². The largest absolute Gasteiger partial charge is 0.475 e. The van der Waals surface area contributed by atoms with E-state index < -0.39 is 0 Å². The summed E-state index contributed by atoms with van der Waals surface area (Å²) in [6, 6.07) is 4.07. The molecule has 2 N–H and O–H groups in total. The Balaban J connectivity index is 1.75. The van der Waals surface area contributed by atoms with Gasteiger partial charge in [-0.05, 0) is 25.0 Å². The van der Waals surface area contributed by atoms with Gasteiger partial charge < -0.3 is 15.4 Å². The number of guanidine groups is 1. The molecular formula is C12H17ClN4O. The van der Waals surface area contributed by atoms with E-state index in [2.05, 4.69) is 9.98 Å². The SMILES string of the molecule is CN(C(N)=NCCOc1ncccc1Cl)C1CC1. The lowest BCUT2D eigenvalue weighted by molar-refractivity contribution is 0.315. The number of nitrogens with two attached hydrogens (primary N) is 1. The average molecular weight is 269 g/mol. The maximum absolute atomic E-state index is 5.91. The van der Waals surface area contributed by atoms with Gasteiger partial charge >= 0.3 is 0 Å². The van der Waals surface area contributed by atoms with E-state index in [1.54, 1.807) is 18.3 Å². The summed E-state index contributed by atoms with van der Waals surface area (Å²) < 4.78 is 5.42. The normalized spacial score (nSPS) is 15.6. The van der Waals surface area contributed by atoms with Crippen LogP contribution in [-0.4, -0.2) is 42.1 Å². The topological polar surface area (TPSA) is 63.7 Å². The van der Waals surface area contributed by atoms with Crippen molar-refractivity contribution in [2.75, 3.05) is 20.2 Å². The molecule has 0 amide bonds. The van der Waals surface area contributed by atoms with Crippen LogP contribution in [0.15, 0.2) is 23.3 Å². The molecule has 1 saturated carbocycles. The highest BCUT2D eigenvalue weighted by atomic mass is 35.5. The number of nitrogens with zero attached hydrogens (tertiary/aromatic N) is 3. The molecule has 5 nitrogen and oxygen atoms in total. The molecule has 0 aliphatic heterocycles. The highest BCUT2D eigenvalue weighted by Gasteiger charge is 2.27. The van der Waals surface area contributed by atoms with Crippen molar-refractivity contribution in [1.82, 2.24) is 9.88 Å². The van der Waals surface area contributed by atoms with Gasteiger partial charge in [-0.25, -0.2) is 9.98 Å². The van der Waals surface area contributed by atoms with Crippen LogP contribution < -0.4 is 10.5 Å². The lowest BCUT2D eigenvalue weighted by atomic mass is 10.5. The predicted molar refractivity (Wildman–Crippen MR) is 72.0 cm³/mol. The molecule has 1 aliphatic carbocycles. The molecule has 2 rings (SSSR count). The minimum absolute atomic E-state index is 0.413. The van der Waals surface area contributed by atoms with E-state index >= 15 is 0 Å². The van der Waals surface area contributed by atoms with Crippen LogP contribution in [0.5, 0.6) is 5.88 Å². The zero-order valence-corrected chi connectivity index (χ0v) is 11.1. The summed E-state index contributed by atoms with van der Waals surface area (Å²) in [7, 11) is 1.97. The first kappa shape index (κ1) is 13.0. The minimum Gasteiger partial charge on any atom is -0.475 e. The lowest BCUT2D eigenvalue weighted by Crippen LogP contribution is -2.36. The van der Waals surface area contributed by atoms with Crippen molar-refractivity contribution in [1.29, 1.82) is 0 Å². The van der Waals surface area contributed by atoms with Crippen molar-refractivity contribution in [3.63, 3.8) is 0 Å². The molecule has 0 spiro atoms. The molecule has 98 valence electrons. The molecule has 1 aliphatic rings. The van der Waals surface area contributed by atoms with Crippen LogP contribution in [-0.2, 0) is 0 Å². The summed E-state index contributed by atoms with van der Waals surface area (Å²) in [5.41, 5.74) is 5.85. The standard InChI is InChI=1S/C12H17ClN4O/c1-17(9-4-5-9)12(14)16-7-8-18-11-10(13)3-2-6-15-11/h2-3,6,9H,4-5,7-8H2,1H3,(H2,14,16).